The summed E-state index contributed by atoms with van der Waals surface area (Å²) in [5, 5.41) is 0. The standard InChI is InChI=1S/C9H10N2O2S/c1-6(12)7-3-2-4-8(5-7)14-11-9(10)13/h2-5H,1H3,(H3,10,11,13). The van der Waals surface area contributed by atoms with Crippen LogP contribution in [0.1, 0.15) is 17.3 Å². The van der Waals surface area contributed by atoms with Crippen LogP contribution in [0, 0.1) is 0 Å². The van der Waals surface area contributed by atoms with E-state index in [1.54, 1.807) is 24.3 Å². The molecule has 3 N–H and O–H groups in total. The Labute approximate surface area is 86.0 Å². The molecule has 5 heteroatoms. The first-order valence-electron chi connectivity index (χ1n) is 3.93. The van der Waals surface area contributed by atoms with Crippen molar-refractivity contribution in [3.8, 4) is 0 Å². The Morgan fingerprint density at radius 1 is 1.43 bits per heavy atom. The highest BCUT2D eigenvalue weighted by atomic mass is 32.2. The minimum absolute atomic E-state index is 0.00785. The first kappa shape index (κ1) is 10.6. The van der Waals surface area contributed by atoms with Gasteiger partial charge in [-0.2, -0.15) is 0 Å². The Bertz CT molecular complexity index is 366. The van der Waals surface area contributed by atoms with Gasteiger partial charge in [0, 0.05) is 10.5 Å². The zero-order valence-corrected chi connectivity index (χ0v) is 8.43. The van der Waals surface area contributed by atoms with Gasteiger partial charge in [-0.05, 0) is 31.0 Å². The molecule has 0 fully saturated rings. The van der Waals surface area contributed by atoms with Crippen LogP contribution < -0.4 is 10.5 Å². The van der Waals surface area contributed by atoms with E-state index in [4.69, 9.17) is 5.73 Å². The van der Waals surface area contributed by atoms with E-state index in [-0.39, 0.29) is 5.78 Å². The van der Waals surface area contributed by atoms with Gasteiger partial charge in [-0.3, -0.25) is 9.52 Å². The van der Waals surface area contributed by atoms with Crippen LogP contribution in [0.2, 0.25) is 0 Å². The molecule has 2 amide bonds. The lowest BCUT2D eigenvalue weighted by Crippen LogP contribution is -2.22. The predicted molar refractivity (Wildman–Crippen MR) is 55.0 cm³/mol. The van der Waals surface area contributed by atoms with E-state index in [1.165, 1.54) is 6.92 Å². The summed E-state index contributed by atoms with van der Waals surface area (Å²) < 4.78 is 2.37. The van der Waals surface area contributed by atoms with Crippen LogP contribution in [-0.2, 0) is 0 Å². The van der Waals surface area contributed by atoms with Crippen molar-refractivity contribution in [2.45, 2.75) is 11.8 Å². The molecule has 0 aromatic heterocycles. The van der Waals surface area contributed by atoms with Crippen molar-refractivity contribution in [3.63, 3.8) is 0 Å². The van der Waals surface area contributed by atoms with Crippen LogP contribution in [0.25, 0.3) is 0 Å². The number of primary amides is 1. The highest BCUT2D eigenvalue weighted by molar-refractivity contribution is 7.98. The number of benzene rings is 1. The van der Waals surface area contributed by atoms with Crippen molar-refractivity contribution in [1.82, 2.24) is 4.72 Å². The Morgan fingerprint density at radius 2 is 2.14 bits per heavy atom. The summed E-state index contributed by atoms with van der Waals surface area (Å²) in [4.78, 5) is 22.2. The maximum atomic E-state index is 11.0. The van der Waals surface area contributed by atoms with Gasteiger partial charge in [0.25, 0.3) is 0 Å². The minimum atomic E-state index is -0.608. The average molecular weight is 210 g/mol. The van der Waals surface area contributed by atoms with Crippen LogP contribution in [0.4, 0.5) is 4.79 Å². The quantitative estimate of drug-likeness (QED) is 0.587. The molecule has 0 aliphatic carbocycles. The average Bonchev–Trinajstić information content (AvgIpc) is 2.15. The Balaban J connectivity index is 2.73. The summed E-state index contributed by atoms with van der Waals surface area (Å²) in [5.41, 5.74) is 5.51. The molecule has 0 atom stereocenters. The van der Waals surface area contributed by atoms with Crippen LogP contribution in [0.3, 0.4) is 0 Å². The van der Waals surface area contributed by atoms with E-state index in [2.05, 4.69) is 4.72 Å². The van der Waals surface area contributed by atoms with Gasteiger partial charge in [0.1, 0.15) is 0 Å². The zero-order valence-electron chi connectivity index (χ0n) is 7.61. The van der Waals surface area contributed by atoms with Crippen molar-refractivity contribution in [1.29, 1.82) is 0 Å². The molecule has 0 radical (unpaired) electrons. The summed E-state index contributed by atoms with van der Waals surface area (Å²) in [5.74, 6) is -0.00785. The summed E-state index contributed by atoms with van der Waals surface area (Å²) in [6.45, 7) is 1.49. The van der Waals surface area contributed by atoms with Gasteiger partial charge in [-0.1, -0.05) is 12.1 Å². The lowest BCUT2D eigenvalue weighted by atomic mass is 10.2. The smallest absolute Gasteiger partial charge is 0.322 e. The molecule has 74 valence electrons. The van der Waals surface area contributed by atoms with Gasteiger partial charge in [0.15, 0.2) is 5.78 Å². The number of rotatable bonds is 3. The minimum Gasteiger partial charge on any atom is -0.351 e. The number of carbonyl (C=O) groups is 2. The summed E-state index contributed by atoms with van der Waals surface area (Å²) in [7, 11) is 0. The molecule has 0 aliphatic heterocycles. The van der Waals surface area contributed by atoms with E-state index in [9.17, 15) is 9.59 Å². The Hall–Kier alpha value is -1.49. The number of hydrogen-bond donors (Lipinski definition) is 2. The van der Waals surface area contributed by atoms with Crippen LogP contribution >= 0.6 is 11.9 Å². The van der Waals surface area contributed by atoms with E-state index >= 15 is 0 Å². The van der Waals surface area contributed by atoms with Crippen molar-refractivity contribution in [2.75, 3.05) is 0 Å². The number of urea groups is 1. The van der Waals surface area contributed by atoms with Crippen LogP contribution in [-0.4, -0.2) is 11.8 Å². The normalized spacial score (nSPS) is 9.50. The maximum Gasteiger partial charge on any atom is 0.322 e. The lowest BCUT2D eigenvalue weighted by molar-refractivity contribution is 0.101. The molecule has 0 unspecified atom stereocenters. The van der Waals surface area contributed by atoms with E-state index in [0.29, 0.717) is 5.56 Å². The predicted octanol–water partition coefficient (Wildman–Crippen LogP) is 1.56. The molecule has 0 spiro atoms. The van der Waals surface area contributed by atoms with Gasteiger partial charge in [0.05, 0.1) is 0 Å². The molecular weight excluding hydrogens is 200 g/mol. The van der Waals surface area contributed by atoms with Gasteiger partial charge >= 0.3 is 6.03 Å². The zero-order chi connectivity index (χ0) is 10.6. The van der Waals surface area contributed by atoms with Crippen molar-refractivity contribution < 1.29 is 9.59 Å². The third kappa shape index (κ3) is 3.10. The van der Waals surface area contributed by atoms with Gasteiger partial charge in [0.2, 0.25) is 0 Å². The van der Waals surface area contributed by atoms with Crippen LogP contribution in [0.5, 0.6) is 0 Å². The number of Topliss-reactive ketones (excluding diaryl/α,β-unsaturated/α-hetero) is 1. The number of amides is 2. The summed E-state index contributed by atoms with van der Waals surface area (Å²) in [6.07, 6.45) is 0. The molecule has 4 nitrogen and oxygen atoms in total. The maximum absolute atomic E-state index is 11.0. The second-order valence-electron chi connectivity index (χ2n) is 2.65. The number of nitrogens with one attached hydrogen (secondary N) is 1. The van der Waals surface area contributed by atoms with Crippen molar-refractivity contribution in [3.05, 3.63) is 29.8 Å². The summed E-state index contributed by atoms with van der Waals surface area (Å²) >= 11 is 1.08. The highest BCUT2D eigenvalue weighted by Crippen LogP contribution is 2.15. The van der Waals surface area contributed by atoms with Gasteiger partial charge in [-0.25, -0.2) is 4.79 Å². The lowest BCUT2D eigenvalue weighted by Gasteiger charge is -2.02. The highest BCUT2D eigenvalue weighted by Gasteiger charge is 2.01. The number of nitrogens with two attached hydrogens (primary N) is 1. The van der Waals surface area contributed by atoms with Crippen LogP contribution in [0.15, 0.2) is 29.2 Å². The number of ketones is 1. The molecule has 0 saturated heterocycles. The first-order chi connectivity index (χ1) is 6.59. The largest absolute Gasteiger partial charge is 0.351 e. The van der Waals surface area contributed by atoms with Crippen molar-refractivity contribution >= 4 is 23.8 Å². The van der Waals surface area contributed by atoms with Gasteiger partial charge < -0.3 is 5.73 Å². The molecule has 1 aromatic rings. The molecule has 14 heavy (non-hydrogen) atoms. The number of hydrogen-bond acceptors (Lipinski definition) is 3. The van der Waals surface area contributed by atoms with E-state index in [1.807, 2.05) is 0 Å². The topological polar surface area (TPSA) is 72.2 Å². The monoisotopic (exact) mass is 210 g/mol. The number of carbonyl (C=O) groups excluding carboxylic acids is 2. The molecule has 0 bridgehead atoms. The second kappa shape index (κ2) is 4.66. The SMILES string of the molecule is CC(=O)c1cccc(SNC(N)=O)c1. The Morgan fingerprint density at radius 3 is 2.71 bits per heavy atom. The third-order valence-corrected chi connectivity index (χ3v) is 2.30. The van der Waals surface area contributed by atoms with E-state index in [0.717, 1.165) is 16.8 Å². The molecule has 0 heterocycles. The van der Waals surface area contributed by atoms with E-state index < -0.39 is 6.03 Å². The Kier molecular flexibility index (Phi) is 3.53. The first-order valence-corrected chi connectivity index (χ1v) is 4.74. The van der Waals surface area contributed by atoms with Crippen molar-refractivity contribution in [2.24, 2.45) is 5.73 Å². The molecule has 0 saturated carbocycles. The fourth-order valence-corrected chi connectivity index (χ4v) is 1.44. The molecule has 1 rings (SSSR count). The molecule has 0 aliphatic rings. The fraction of sp³-hybridized carbons (Fsp3) is 0.111. The third-order valence-electron chi connectivity index (χ3n) is 1.51. The summed E-state index contributed by atoms with van der Waals surface area (Å²) in [6, 6.07) is 6.34. The fourth-order valence-electron chi connectivity index (χ4n) is 0.888. The van der Waals surface area contributed by atoms with Gasteiger partial charge in [-0.15, -0.1) is 0 Å². The molecular formula is C9H10N2O2S. The molecule has 1 aromatic carbocycles. The second-order valence-corrected chi connectivity index (χ2v) is 3.53.